The summed E-state index contributed by atoms with van der Waals surface area (Å²) >= 11 is 5.83. The third-order valence-electron chi connectivity index (χ3n) is 2.54. The standard InChI is InChI=1S/C14H14ClNO2/c1-11-3-2-4-13(9-11)18-8-7-16-10-12(15)5-6-14(16)17/h2-6,9-10H,7-8H2,1H3. The van der Waals surface area contributed by atoms with Crippen LogP contribution in [-0.2, 0) is 6.54 Å². The van der Waals surface area contributed by atoms with Gasteiger partial charge >= 0.3 is 0 Å². The highest BCUT2D eigenvalue weighted by Gasteiger charge is 1.98. The normalized spacial score (nSPS) is 10.3. The van der Waals surface area contributed by atoms with Crippen LogP contribution in [0.25, 0.3) is 0 Å². The highest BCUT2D eigenvalue weighted by molar-refractivity contribution is 6.30. The Hall–Kier alpha value is -1.74. The average molecular weight is 264 g/mol. The Bertz CT molecular complexity index is 592. The number of ether oxygens (including phenoxy) is 1. The highest BCUT2D eigenvalue weighted by atomic mass is 35.5. The van der Waals surface area contributed by atoms with Crippen molar-refractivity contribution in [2.45, 2.75) is 13.5 Å². The van der Waals surface area contributed by atoms with Gasteiger partial charge in [-0.25, -0.2) is 0 Å². The van der Waals surface area contributed by atoms with Gasteiger partial charge in [-0.1, -0.05) is 23.7 Å². The summed E-state index contributed by atoms with van der Waals surface area (Å²) in [4.78, 5) is 11.5. The van der Waals surface area contributed by atoms with Crippen molar-refractivity contribution in [2.24, 2.45) is 0 Å². The summed E-state index contributed by atoms with van der Waals surface area (Å²) in [5.41, 5.74) is 1.07. The lowest BCUT2D eigenvalue weighted by atomic mass is 10.2. The first-order valence-corrected chi connectivity index (χ1v) is 6.08. The van der Waals surface area contributed by atoms with Gasteiger partial charge in [0.2, 0.25) is 0 Å². The van der Waals surface area contributed by atoms with Crippen LogP contribution in [0.15, 0.2) is 47.4 Å². The van der Waals surface area contributed by atoms with Crippen LogP contribution in [0.2, 0.25) is 5.02 Å². The number of pyridine rings is 1. The molecule has 0 unspecified atom stereocenters. The van der Waals surface area contributed by atoms with Gasteiger partial charge in [-0.15, -0.1) is 0 Å². The summed E-state index contributed by atoms with van der Waals surface area (Å²) in [5, 5.41) is 0.546. The Balaban J connectivity index is 1.96. The van der Waals surface area contributed by atoms with Gasteiger partial charge in [0.05, 0.1) is 11.6 Å². The van der Waals surface area contributed by atoms with Crippen molar-refractivity contribution < 1.29 is 4.74 Å². The molecule has 1 aromatic heterocycles. The van der Waals surface area contributed by atoms with E-state index < -0.39 is 0 Å². The summed E-state index contributed by atoms with van der Waals surface area (Å²) in [6.07, 6.45) is 1.61. The number of aromatic nitrogens is 1. The van der Waals surface area contributed by atoms with Crippen molar-refractivity contribution in [3.8, 4) is 5.75 Å². The van der Waals surface area contributed by atoms with Crippen LogP contribution < -0.4 is 10.3 Å². The molecule has 94 valence electrons. The Morgan fingerprint density at radius 3 is 2.89 bits per heavy atom. The van der Waals surface area contributed by atoms with E-state index in [0.29, 0.717) is 18.2 Å². The molecule has 4 heteroatoms. The van der Waals surface area contributed by atoms with Crippen LogP contribution >= 0.6 is 11.6 Å². The minimum Gasteiger partial charge on any atom is -0.492 e. The number of nitrogens with zero attached hydrogens (tertiary/aromatic N) is 1. The summed E-state index contributed by atoms with van der Waals surface area (Å²) in [6.45, 7) is 2.92. The molecular formula is C14H14ClNO2. The first-order valence-electron chi connectivity index (χ1n) is 5.70. The highest BCUT2D eigenvalue weighted by Crippen LogP contribution is 2.12. The van der Waals surface area contributed by atoms with Gasteiger partial charge < -0.3 is 9.30 Å². The Kier molecular flexibility index (Phi) is 4.05. The molecule has 0 saturated carbocycles. The largest absolute Gasteiger partial charge is 0.492 e. The molecule has 18 heavy (non-hydrogen) atoms. The predicted molar refractivity (Wildman–Crippen MR) is 72.4 cm³/mol. The maximum Gasteiger partial charge on any atom is 0.250 e. The van der Waals surface area contributed by atoms with Crippen LogP contribution in [0.3, 0.4) is 0 Å². The van der Waals surface area contributed by atoms with Gasteiger partial charge in [0.1, 0.15) is 12.4 Å². The van der Waals surface area contributed by atoms with Crippen molar-refractivity contribution in [3.05, 3.63) is 63.5 Å². The molecular weight excluding hydrogens is 250 g/mol. The zero-order chi connectivity index (χ0) is 13.0. The Labute approximate surface area is 111 Å². The van der Waals surface area contributed by atoms with E-state index in [1.165, 1.54) is 10.6 Å². The molecule has 0 radical (unpaired) electrons. The van der Waals surface area contributed by atoms with Crippen LogP contribution in [0, 0.1) is 6.92 Å². The molecule has 0 atom stereocenters. The maximum atomic E-state index is 11.5. The van der Waals surface area contributed by atoms with E-state index in [-0.39, 0.29) is 5.56 Å². The monoisotopic (exact) mass is 263 g/mol. The van der Waals surface area contributed by atoms with Crippen LogP contribution in [0.5, 0.6) is 5.75 Å². The first kappa shape index (κ1) is 12.7. The predicted octanol–water partition coefficient (Wildman–Crippen LogP) is 2.89. The fourth-order valence-corrected chi connectivity index (χ4v) is 1.82. The van der Waals surface area contributed by atoms with Gasteiger partial charge in [-0.2, -0.15) is 0 Å². The number of hydrogen-bond acceptors (Lipinski definition) is 2. The fraction of sp³-hybridized carbons (Fsp3) is 0.214. The van der Waals surface area contributed by atoms with Crippen LogP contribution in [0.1, 0.15) is 5.56 Å². The smallest absolute Gasteiger partial charge is 0.250 e. The Morgan fingerprint density at radius 1 is 1.28 bits per heavy atom. The first-order chi connectivity index (χ1) is 8.65. The van der Waals surface area contributed by atoms with Gasteiger partial charge in [-0.05, 0) is 30.7 Å². The molecule has 0 aliphatic carbocycles. The number of benzene rings is 1. The summed E-state index contributed by atoms with van der Waals surface area (Å²) in [5.74, 6) is 0.810. The second-order valence-electron chi connectivity index (χ2n) is 4.04. The molecule has 1 aromatic carbocycles. The van der Waals surface area contributed by atoms with E-state index in [2.05, 4.69) is 0 Å². The molecule has 0 aliphatic heterocycles. The maximum absolute atomic E-state index is 11.5. The van der Waals surface area contributed by atoms with E-state index in [0.717, 1.165) is 11.3 Å². The van der Waals surface area contributed by atoms with E-state index in [9.17, 15) is 4.79 Å². The molecule has 0 amide bonds. The SMILES string of the molecule is Cc1cccc(OCCn2cc(Cl)ccc2=O)c1. The van der Waals surface area contributed by atoms with Crippen molar-refractivity contribution in [1.29, 1.82) is 0 Å². The van der Waals surface area contributed by atoms with E-state index >= 15 is 0 Å². The van der Waals surface area contributed by atoms with Crippen molar-refractivity contribution in [1.82, 2.24) is 4.57 Å². The van der Waals surface area contributed by atoms with E-state index in [1.54, 1.807) is 12.3 Å². The molecule has 2 aromatic rings. The molecule has 2 rings (SSSR count). The van der Waals surface area contributed by atoms with Gasteiger partial charge in [0.25, 0.3) is 5.56 Å². The molecule has 0 bridgehead atoms. The quantitative estimate of drug-likeness (QED) is 0.849. The lowest BCUT2D eigenvalue weighted by Crippen LogP contribution is -2.21. The summed E-state index contributed by atoms with van der Waals surface area (Å²) < 4.78 is 7.12. The Morgan fingerprint density at radius 2 is 2.11 bits per heavy atom. The number of halogens is 1. The van der Waals surface area contributed by atoms with Crippen molar-refractivity contribution in [2.75, 3.05) is 6.61 Å². The number of hydrogen-bond donors (Lipinski definition) is 0. The van der Waals surface area contributed by atoms with E-state index in [4.69, 9.17) is 16.3 Å². The van der Waals surface area contributed by atoms with Crippen LogP contribution in [0.4, 0.5) is 0 Å². The fourth-order valence-electron chi connectivity index (χ4n) is 1.64. The molecule has 1 heterocycles. The zero-order valence-electron chi connectivity index (χ0n) is 10.1. The van der Waals surface area contributed by atoms with Crippen molar-refractivity contribution in [3.63, 3.8) is 0 Å². The second kappa shape index (κ2) is 5.74. The molecule has 0 N–H and O–H groups in total. The third kappa shape index (κ3) is 3.37. The van der Waals surface area contributed by atoms with Crippen molar-refractivity contribution >= 4 is 11.6 Å². The lowest BCUT2D eigenvalue weighted by Gasteiger charge is -2.08. The topological polar surface area (TPSA) is 31.2 Å². The van der Waals surface area contributed by atoms with Gasteiger partial charge in [0, 0.05) is 12.3 Å². The molecule has 0 aliphatic rings. The average Bonchev–Trinajstić information content (AvgIpc) is 2.34. The summed E-state index contributed by atoms with van der Waals surface area (Å²) in [7, 11) is 0. The van der Waals surface area contributed by atoms with Gasteiger partial charge in [0.15, 0.2) is 0 Å². The second-order valence-corrected chi connectivity index (χ2v) is 4.48. The molecule has 0 spiro atoms. The minimum absolute atomic E-state index is 0.0766. The summed E-state index contributed by atoms with van der Waals surface area (Å²) in [6, 6.07) is 10.8. The number of rotatable bonds is 4. The molecule has 0 fully saturated rings. The molecule has 0 saturated heterocycles. The zero-order valence-corrected chi connectivity index (χ0v) is 10.9. The molecule has 3 nitrogen and oxygen atoms in total. The van der Waals surface area contributed by atoms with E-state index in [1.807, 2.05) is 31.2 Å². The minimum atomic E-state index is -0.0766. The number of aryl methyl sites for hydroxylation is 1. The lowest BCUT2D eigenvalue weighted by molar-refractivity contribution is 0.296. The van der Waals surface area contributed by atoms with Crippen LogP contribution in [-0.4, -0.2) is 11.2 Å². The third-order valence-corrected chi connectivity index (χ3v) is 2.76. The van der Waals surface area contributed by atoms with Gasteiger partial charge in [-0.3, -0.25) is 4.79 Å².